The standard InChI is InChI=1S/C18H27NO3S/c1-3-5-6-11-15(20)19-17-16(18(21)22-12-4-2)13-9-7-8-10-14(13)23-17/h3-12H2,1-2H3,(H,19,20). The minimum Gasteiger partial charge on any atom is -0.462 e. The molecule has 1 aliphatic rings. The molecule has 5 heteroatoms. The molecular weight excluding hydrogens is 310 g/mol. The van der Waals surface area contributed by atoms with Crippen LogP contribution in [0.15, 0.2) is 0 Å². The molecule has 0 spiro atoms. The Morgan fingerprint density at radius 1 is 1.13 bits per heavy atom. The molecule has 0 saturated heterocycles. The van der Waals surface area contributed by atoms with Crippen LogP contribution in [-0.2, 0) is 22.4 Å². The number of carbonyl (C=O) groups is 2. The fourth-order valence-electron chi connectivity index (χ4n) is 2.86. The Hall–Kier alpha value is -1.36. The Labute approximate surface area is 142 Å². The topological polar surface area (TPSA) is 55.4 Å². The van der Waals surface area contributed by atoms with Crippen LogP contribution in [0, 0.1) is 0 Å². The summed E-state index contributed by atoms with van der Waals surface area (Å²) in [7, 11) is 0. The van der Waals surface area contributed by atoms with Gasteiger partial charge in [0.25, 0.3) is 0 Å². The second kappa shape index (κ2) is 9.06. The molecule has 0 saturated carbocycles. The molecule has 0 unspecified atom stereocenters. The number of hydrogen-bond donors (Lipinski definition) is 1. The van der Waals surface area contributed by atoms with Crippen molar-refractivity contribution in [1.82, 2.24) is 0 Å². The number of rotatable bonds is 8. The van der Waals surface area contributed by atoms with Crippen LogP contribution >= 0.6 is 11.3 Å². The molecule has 0 aliphatic heterocycles. The highest BCUT2D eigenvalue weighted by atomic mass is 32.1. The minimum absolute atomic E-state index is 0.00147. The fourth-order valence-corrected chi connectivity index (χ4v) is 4.16. The Morgan fingerprint density at radius 3 is 2.65 bits per heavy atom. The molecule has 4 nitrogen and oxygen atoms in total. The second-order valence-electron chi connectivity index (χ2n) is 6.06. The first-order chi connectivity index (χ1) is 11.2. The zero-order valence-electron chi connectivity index (χ0n) is 14.2. The van der Waals surface area contributed by atoms with Crippen LogP contribution in [0.3, 0.4) is 0 Å². The number of nitrogens with one attached hydrogen (secondary N) is 1. The smallest absolute Gasteiger partial charge is 0.341 e. The molecule has 2 rings (SSSR count). The molecule has 1 amide bonds. The van der Waals surface area contributed by atoms with E-state index in [9.17, 15) is 9.59 Å². The summed E-state index contributed by atoms with van der Waals surface area (Å²) >= 11 is 1.56. The van der Waals surface area contributed by atoms with E-state index in [0.717, 1.165) is 56.9 Å². The first kappa shape index (κ1) is 18.0. The van der Waals surface area contributed by atoms with Gasteiger partial charge in [-0.2, -0.15) is 0 Å². The monoisotopic (exact) mass is 337 g/mol. The van der Waals surface area contributed by atoms with E-state index in [-0.39, 0.29) is 11.9 Å². The van der Waals surface area contributed by atoms with Crippen LogP contribution in [0.25, 0.3) is 0 Å². The molecule has 0 bridgehead atoms. The minimum atomic E-state index is -0.282. The number of amides is 1. The molecule has 23 heavy (non-hydrogen) atoms. The first-order valence-corrected chi connectivity index (χ1v) is 9.60. The SMILES string of the molecule is CCCCCC(=O)Nc1sc2c(c1C(=O)OCCC)CCCC2. The molecule has 0 atom stereocenters. The molecule has 1 aromatic rings. The van der Waals surface area contributed by atoms with Crippen molar-refractivity contribution in [3.63, 3.8) is 0 Å². The van der Waals surface area contributed by atoms with E-state index >= 15 is 0 Å². The molecule has 1 heterocycles. The third-order valence-corrected chi connectivity index (χ3v) is 5.28. The Balaban J connectivity index is 2.15. The summed E-state index contributed by atoms with van der Waals surface area (Å²) in [5.41, 5.74) is 1.72. The van der Waals surface area contributed by atoms with E-state index in [1.54, 1.807) is 11.3 Å². The van der Waals surface area contributed by atoms with Gasteiger partial charge in [0.1, 0.15) is 5.00 Å². The summed E-state index contributed by atoms with van der Waals surface area (Å²) in [5.74, 6) is -0.281. The van der Waals surface area contributed by atoms with E-state index in [2.05, 4.69) is 12.2 Å². The zero-order valence-corrected chi connectivity index (χ0v) is 15.0. The van der Waals surface area contributed by atoms with Gasteiger partial charge in [-0.15, -0.1) is 11.3 Å². The summed E-state index contributed by atoms with van der Waals surface area (Å²) in [6, 6.07) is 0. The van der Waals surface area contributed by atoms with Gasteiger partial charge in [0.15, 0.2) is 0 Å². The maximum absolute atomic E-state index is 12.4. The molecule has 0 aromatic carbocycles. The summed E-state index contributed by atoms with van der Waals surface area (Å²) < 4.78 is 5.34. The quantitative estimate of drug-likeness (QED) is 0.552. The average Bonchev–Trinajstić information content (AvgIpc) is 2.90. The second-order valence-corrected chi connectivity index (χ2v) is 7.16. The Kier molecular flexibility index (Phi) is 7.09. The number of fused-ring (bicyclic) bond motifs is 1. The van der Waals surface area contributed by atoms with Crippen molar-refractivity contribution in [2.24, 2.45) is 0 Å². The van der Waals surface area contributed by atoms with Crippen molar-refractivity contribution in [2.45, 2.75) is 71.6 Å². The lowest BCUT2D eigenvalue weighted by Gasteiger charge is -2.12. The van der Waals surface area contributed by atoms with Gasteiger partial charge in [-0.25, -0.2) is 4.79 Å². The van der Waals surface area contributed by atoms with E-state index in [1.807, 2.05) is 6.92 Å². The summed E-state index contributed by atoms with van der Waals surface area (Å²) in [6.07, 6.45) is 8.52. The molecule has 1 aromatic heterocycles. The van der Waals surface area contributed by atoms with Gasteiger partial charge in [0.2, 0.25) is 5.91 Å². The molecular formula is C18H27NO3S. The predicted octanol–water partition coefficient (Wildman–Crippen LogP) is 4.71. The van der Waals surface area contributed by atoms with Crippen molar-refractivity contribution in [2.75, 3.05) is 11.9 Å². The number of hydrogen-bond acceptors (Lipinski definition) is 4. The largest absolute Gasteiger partial charge is 0.462 e. The van der Waals surface area contributed by atoms with Crippen LogP contribution in [0.4, 0.5) is 5.00 Å². The van der Waals surface area contributed by atoms with E-state index in [4.69, 9.17) is 4.74 Å². The summed E-state index contributed by atoms with van der Waals surface area (Å²) in [6.45, 7) is 4.52. The highest BCUT2D eigenvalue weighted by Crippen LogP contribution is 2.38. The van der Waals surface area contributed by atoms with Gasteiger partial charge in [0.05, 0.1) is 12.2 Å². The van der Waals surface area contributed by atoms with E-state index in [0.29, 0.717) is 23.6 Å². The third-order valence-electron chi connectivity index (χ3n) is 4.07. The number of esters is 1. The number of anilines is 1. The highest BCUT2D eigenvalue weighted by Gasteiger charge is 2.27. The van der Waals surface area contributed by atoms with Gasteiger partial charge in [-0.1, -0.05) is 26.7 Å². The molecule has 128 valence electrons. The Morgan fingerprint density at radius 2 is 1.91 bits per heavy atom. The normalized spacial score (nSPS) is 13.5. The van der Waals surface area contributed by atoms with Gasteiger partial charge >= 0.3 is 5.97 Å². The molecule has 0 fully saturated rings. The van der Waals surface area contributed by atoms with Crippen molar-refractivity contribution in [3.05, 3.63) is 16.0 Å². The summed E-state index contributed by atoms with van der Waals surface area (Å²) in [4.78, 5) is 25.8. The number of unbranched alkanes of at least 4 members (excludes halogenated alkanes) is 2. The van der Waals surface area contributed by atoms with Gasteiger partial charge in [-0.05, 0) is 44.1 Å². The zero-order chi connectivity index (χ0) is 16.7. The first-order valence-electron chi connectivity index (χ1n) is 8.78. The van der Waals surface area contributed by atoms with Crippen LogP contribution in [0.2, 0.25) is 0 Å². The van der Waals surface area contributed by atoms with Crippen molar-refractivity contribution >= 4 is 28.2 Å². The van der Waals surface area contributed by atoms with Crippen LogP contribution in [0.5, 0.6) is 0 Å². The molecule has 1 aliphatic carbocycles. The molecule has 1 N–H and O–H groups in total. The number of aryl methyl sites for hydroxylation is 1. The van der Waals surface area contributed by atoms with E-state index in [1.165, 1.54) is 4.88 Å². The lowest BCUT2D eigenvalue weighted by atomic mass is 9.95. The Bertz CT molecular complexity index is 551. The lowest BCUT2D eigenvalue weighted by molar-refractivity contribution is -0.116. The van der Waals surface area contributed by atoms with E-state index < -0.39 is 0 Å². The average molecular weight is 337 g/mol. The van der Waals surface area contributed by atoms with Gasteiger partial charge in [-0.3, -0.25) is 4.79 Å². The maximum Gasteiger partial charge on any atom is 0.341 e. The fraction of sp³-hybridized carbons (Fsp3) is 0.667. The van der Waals surface area contributed by atoms with Crippen molar-refractivity contribution < 1.29 is 14.3 Å². The highest BCUT2D eigenvalue weighted by molar-refractivity contribution is 7.17. The number of thiophene rings is 1. The third kappa shape index (κ3) is 4.80. The summed E-state index contributed by atoms with van der Waals surface area (Å²) in [5, 5.41) is 3.66. The number of carbonyl (C=O) groups excluding carboxylic acids is 2. The van der Waals surface area contributed by atoms with Crippen molar-refractivity contribution in [1.29, 1.82) is 0 Å². The molecule has 0 radical (unpaired) electrons. The number of ether oxygens (including phenoxy) is 1. The van der Waals surface area contributed by atoms with Gasteiger partial charge < -0.3 is 10.1 Å². The van der Waals surface area contributed by atoms with Crippen LogP contribution in [0.1, 0.15) is 79.6 Å². The predicted molar refractivity (Wildman–Crippen MR) is 94.3 cm³/mol. The lowest BCUT2D eigenvalue weighted by Crippen LogP contribution is -2.15. The van der Waals surface area contributed by atoms with Crippen molar-refractivity contribution in [3.8, 4) is 0 Å². The van der Waals surface area contributed by atoms with Gasteiger partial charge in [0, 0.05) is 11.3 Å². The maximum atomic E-state index is 12.4. The van der Waals surface area contributed by atoms with Crippen LogP contribution in [-0.4, -0.2) is 18.5 Å². The van der Waals surface area contributed by atoms with Crippen LogP contribution < -0.4 is 5.32 Å².